The molecule has 0 saturated heterocycles. The Morgan fingerprint density at radius 2 is 1.58 bits per heavy atom. The zero-order valence-corrected chi connectivity index (χ0v) is 20.8. The van der Waals surface area contributed by atoms with Crippen LogP contribution in [0.15, 0.2) is 94.9 Å². The predicted molar refractivity (Wildman–Crippen MR) is 144 cm³/mol. The van der Waals surface area contributed by atoms with Gasteiger partial charge >= 0.3 is 0 Å². The Labute approximate surface area is 212 Å². The van der Waals surface area contributed by atoms with E-state index in [2.05, 4.69) is 10.4 Å². The van der Waals surface area contributed by atoms with Crippen LogP contribution in [0.1, 0.15) is 17.0 Å². The molecule has 8 heteroatoms. The van der Waals surface area contributed by atoms with E-state index < -0.39 is 0 Å². The number of rotatable bonds is 7. The Morgan fingerprint density at radius 3 is 2.33 bits per heavy atom. The number of carbonyl (C=O) groups is 1. The van der Waals surface area contributed by atoms with Gasteiger partial charge in [-0.05, 0) is 43.7 Å². The average molecular weight is 496 g/mol. The van der Waals surface area contributed by atoms with Crippen LogP contribution in [0.3, 0.4) is 0 Å². The molecule has 0 aliphatic heterocycles. The van der Waals surface area contributed by atoms with Gasteiger partial charge < -0.3 is 5.32 Å². The number of fused-ring (bicyclic) bond motifs is 1. The number of benzene rings is 3. The molecule has 5 rings (SSSR count). The molecule has 1 amide bonds. The first-order chi connectivity index (χ1) is 17.5. The van der Waals surface area contributed by atoms with Crippen LogP contribution in [-0.4, -0.2) is 31.0 Å². The molecule has 2 aromatic heterocycles. The first kappa shape index (κ1) is 23.6. The van der Waals surface area contributed by atoms with Crippen LogP contribution >= 0.6 is 11.8 Å². The first-order valence-corrected chi connectivity index (χ1v) is 12.6. The molecule has 0 aliphatic carbocycles. The smallest absolute Gasteiger partial charge is 0.262 e. The maximum atomic E-state index is 13.3. The third-order valence-corrected chi connectivity index (χ3v) is 6.88. The van der Waals surface area contributed by atoms with Crippen LogP contribution in [-0.2, 0) is 11.3 Å². The molecular formula is C28H25N5O2S. The van der Waals surface area contributed by atoms with Crippen molar-refractivity contribution >= 4 is 34.3 Å². The molecule has 5 aromatic rings. The fourth-order valence-corrected chi connectivity index (χ4v) is 4.91. The molecule has 0 spiro atoms. The summed E-state index contributed by atoms with van der Waals surface area (Å²) in [5.41, 5.74) is 4.69. The second-order valence-electron chi connectivity index (χ2n) is 8.42. The molecule has 180 valence electrons. The van der Waals surface area contributed by atoms with Crippen LogP contribution in [0, 0.1) is 13.8 Å². The van der Waals surface area contributed by atoms with Gasteiger partial charge in [-0.25, -0.2) is 9.67 Å². The van der Waals surface area contributed by atoms with Gasteiger partial charge in [-0.3, -0.25) is 14.2 Å². The van der Waals surface area contributed by atoms with E-state index in [-0.39, 0.29) is 17.2 Å². The summed E-state index contributed by atoms with van der Waals surface area (Å²) >= 11 is 1.25. The highest BCUT2D eigenvalue weighted by atomic mass is 32.2. The Morgan fingerprint density at radius 1 is 0.917 bits per heavy atom. The second-order valence-corrected chi connectivity index (χ2v) is 9.36. The summed E-state index contributed by atoms with van der Waals surface area (Å²) in [6.45, 7) is 4.18. The third-order valence-electron chi connectivity index (χ3n) is 5.90. The fraction of sp³-hybridized carbons (Fsp3) is 0.143. The Hall–Kier alpha value is -4.17. The lowest BCUT2D eigenvalue weighted by molar-refractivity contribution is -0.113. The molecule has 0 radical (unpaired) electrons. The van der Waals surface area contributed by atoms with Gasteiger partial charge in [0.05, 0.1) is 46.0 Å². The Bertz CT molecular complexity index is 1590. The number of nitrogens with one attached hydrogen (secondary N) is 1. The molecule has 7 nitrogen and oxygen atoms in total. The van der Waals surface area contributed by atoms with E-state index in [1.807, 2.05) is 97.4 Å². The normalized spacial score (nSPS) is 11.1. The Balaban J connectivity index is 1.39. The highest BCUT2D eigenvalue weighted by Gasteiger charge is 2.17. The lowest BCUT2D eigenvalue weighted by atomic mass is 10.2. The average Bonchev–Trinajstić information content (AvgIpc) is 3.19. The zero-order chi connectivity index (χ0) is 25.1. The molecule has 0 bridgehead atoms. The number of para-hydroxylation sites is 2. The van der Waals surface area contributed by atoms with Crippen molar-refractivity contribution in [3.8, 4) is 5.69 Å². The van der Waals surface area contributed by atoms with Gasteiger partial charge in [0.25, 0.3) is 5.56 Å². The topological polar surface area (TPSA) is 81.8 Å². The van der Waals surface area contributed by atoms with Gasteiger partial charge in [-0.15, -0.1) is 0 Å². The summed E-state index contributed by atoms with van der Waals surface area (Å²) in [7, 11) is 0. The molecule has 1 N–H and O–H groups in total. The minimum Gasteiger partial charge on any atom is -0.322 e. The van der Waals surface area contributed by atoms with E-state index in [1.54, 1.807) is 10.6 Å². The molecule has 36 heavy (non-hydrogen) atoms. The number of carbonyl (C=O) groups excluding carboxylic acids is 1. The molecule has 2 heterocycles. The largest absolute Gasteiger partial charge is 0.322 e. The number of hydrogen-bond acceptors (Lipinski definition) is 5. The van der Waals surface area contributed by atoms with Crippen molar-refractivity contribution < 1.29 is 4.79 Å². The molecular weight excluding hydrogens is 470 g/mol. The number of amides is 1. The first-order valence-electron chi connectivity index (χ1n) is 11.6. The fourth-order valence-electron chi connectivity index (χ4n) is 4.11. The summed E-state index contributed by atoms with van der Waals surface area (Å²) in [5, 5.41) is 8.66. The van der Waals surface area contributed by atoms with Gasteiger partial charge in [0.1, 0.15) is 0 Å². The van der Waals surface area contributed by atoms with Gasteiger partial charge in [0.2, 0.25) is 5.91 Å². The summed E-state index contributed by atoms with van der Waals surface area (Å²) in [6.07, 6.45) is 0. The molecule has 0 saturated carbocycles. The van der Waals surface area contributed by atoms with Crippen molar-refractivity contribution in [1.82, 2.24) is 19.3 Å². The van der Waals surface area contributed by atoms with Crippen molar-refractivity contribution in [2.75, 3.05) is 11.1 Å². The van der Waals surface area contributed by atoms with E-state index in [0.717, 1.165) is 22.6 Å². The van der Waals surface area contributed by atoms with Crippen molar-refractivity contribution in [1.29, 1.82) is 0 Å². The van der Waals surface area contributed by atoms with E-state index in [4.69, 9.17) is 4.98 Å². The van der Waals surface area contributed by atoms with Crippen LogP contribution in [0.4, 0.5) is 5.69 Å². The van der Waals surface area contributed by atoms with E-state index in [0.29, 0.717) is 28.3 Å². The summed E-state index contributed by atoms with van der Waals surface area (Å²) < 4.78 is 3.46. The second kappa shape index (κ2) is 10.2. The molecule has 0 unspecified atom stereocenters. The molecule has 0 fully saturated rings. The third kappa shape index (κ3) is 4.81. The number of anilines is 1. The zero-order valence-electron chi connectivity index (χ0n) is 20.0. The van der Waals surface area contributed by atoms with Gasteiger partial charge in [0.15, 0.2) is 5.16 Å². The monoisotopic (exact) mass is 495 g/mol. The SMILES string of the molecule is Cc1nn(-c2ccccc2)c(C)c1NC(=O)CSc1nc2ccccc2c(=O)n1Cc1ccccc1. The van der Waals surface area contributed by atoms with Gasteiger partial charge in [-0.1, -0.05) is 72.4 Å². The summed E-state index contributed by atoms with van der Waals surface area (Å²) in [4.78, 5) is 31.0. The summed E-state index contributed by atoms with van der Waals surface area (Å²) in [5.74, 6) is -0.0814. The number of aromatic nitrogens is 4. The van der Waals surface area contributed by atoms with Crippen molar-refractivity contribution in [2.45, 2.75) is 25.5 Å². The lowest BCUT2D eigenvalue weighted by Gasteiger charge is -2.13. The van der Waals surface area contributed by atoms with Crippen LogP contribution in [0.5, 0.6) is 0 Å². The van der Waals surface area contributed by atoms with Gasteiger partial charge in [-0.2, -0.15) is 5.10 Å². The quantitative estimate of drug-likeness (QED) is 0.254. The van der Waals surface area contributed by atoms with Crippen molar-refractivity contribution in [3.05, 3.63) is 112 Å². The highest BCUT2D eigenvalue weighted by molar-refractivity contribution is 7.99. The molecule has 0 aliphatic rings. The van der Waals surface area contributed by atoms with Crippen molar-refractivity contribution in [3.63, 3.8) is 0 Å². The standard InChI is InChI=1S/C28H25N5O2S/c1-19-26(20(2)33(31-19)22-13-7-4-8-14-22)30-25(34)18-36-28-29-24-16-10-9-15-23(24)27(35)32(28)17-21-11-5-3-6-12-21/h3-16H,17-18H2,1-2H3,(H,30,34). The number of hydrogen-bond donors (Lipinski definition) is 1. The highest BCUT2D eigenvalue weighted by Crippen LogP contribution is 2.24. The Kier molecular flexibility index (Phi) is 6.69. The predicted octanol–water partition coefficient (Wildman–Crippen LogP) is 4.98. The minimum atomic E-state index is -0.188. The number of thioether (sulfide) groups is 1. The van der Waals surface area contributed by atoms with Crippen molar-refractivity contribution in [2.24, 2.45) is 0 Å². The lowest BCUT2D eigenvalue weighted by Crippen LogP contribution is -2.25. The number of nitrogens with zero attached hydrogens (tertiary/aromatic N) is 4. The maximum absolute atomic E-state index is 13.3. The van der Waals surface area contributed by atoms with E-state index in [9.17, 15) is 9.59 Å². The summed E-state index contributed by atoms with van der Waals surface area (Å²) in [6, 6.07) is 26.8. The van der Waals surface area contributed by atoms with E-state index in [1.165, 1.54) is 11.8 Å². The van der Waals surface area contributed by atoms with Crippen LogP contribution in [0.2, 0.25) is 0 Å². The van der Waals surface area contributed by atoms with Crippen LogP contribution in [0.25, 0.3) is 16.6 Å². The van der Waals surface area contributed by atoms with E-state index >= 15 is 0 Å². The van der Waals surface area contributed by atoms with Gasteiger partial charge in [0, 0.05) is 0 Å². The maximum Gasteiger partial charge on any atom is 0.262 e. The number of aryl methyl sites for hydroxylation is 1. The molecule has 3 aromatic carbocycles. The minimum absolute atomic E-state index is 0.106. The van der Waals surface area contributed by atoms with Crippen LogP contribution < -0.4 is 10.9 Å². The molecule has 0 atom stereocenters.